The Bertz CT molecular complexity index is 554. The van der Waals surface area contributed by atoms with E-state index in [4.69, 9.17) is 21.4 Å². The van der Waals surface area contributed by atoms with Crippen molar-refractivity contribution in [2.45, 2.75) is 6.92 Å². The second-order valence-corrected chi connectivity index (χ2v) is 5.13. The molecule has 114 valence electrons. The van der Waals surface area contributed by atoms with Gasteiger partial charge in [0.15, 0.2) is 4.32 Å². The summed E-state index contributed by atoms with van der Waals surface area (Å²) < 4.78 is 10.9. The molecule has 1 aromatic rings. The van der Waals surface area contributed by atoms with Crippen LogP contribution >= 0.6 is 24.0 Å². The van der Waals surface area contributed by atoms with Gasteiger partial charge in [-0.05, 0) is 25.3 Å². The Hall–Kier alpha value is -1.71. The van der Waals surface area contributed by atoms with Crippen LogP contribution in [0.3, 0.4) is 0 Å². The Labute approximate surface area is 131 Å². The Morgan fingerprint density at radius 2 is 2.43 bits per heavy atom. The van der Waals surface area contributed by atoms with Crippen LogP contribution in [0.1, 0.15) is 12.7 Å². The number of nitrogens with zero attached hydrogens (tertiary/aromatic N) is 2. The smallest absolute Gasteiger partial charge is 0.401 e. The molecule has 1 N–H and O–H groups in total. The van der Waals surface area contributed by atoms with Crippen LogP contribution < -0.4 is 5.43 Å². The van der Waals surface area contributed by atoms with Crippen molar-refractivity contribution < 1.29 is 14.1 Å². The van der Waals surface area contributed by atoms with Crippen LogP contribution in [-0.2, 0) is 4.74 Å². The molecule has 1 rings (SSSR count). The van der Waals surface area contributed by atoms with Crippen molar-refractivity contribution in [2.24, 2.45) is 5.10 Å². The number of thioether (sulfide) groups is 1. The minimum absolute atomic E-state index is 0.308. The summed E-state index contributed by atoms with van der Waals surface area (Å²) in [6.45, 7) is 2.72. The first kappa shape index (κ1) is 17.3. The van der Waals surface area contributed by atoms with Crippen molar-refractivity contribution in [3.63, 3.8) is 0 Å². The zero-order valence-corrected chi connectivity index (χ0v) is 13.2. The molecule has 0 amide bonds. The second kappa shape index (κ2) is 9.27. The Morgan fingerprint density at radius 1 is 1.67 bits per heavy atom. The lowest BCUT2D eigenvalue weighted by Crippen LogP contribution is -2.11. The fourth-order valence-corrected chi connectivity index (χ4v) is 1.45. The quantitative estimate of drug-likeness (QED) is 0.356. The van der Waals surface area contributed by atoms with Crippen molar-refractivity contribution >= 4 is 46.5 Å². The number of hydrogen-bond donors (Lipinski definition) is 1. The summed E-state index contributed by atoms with van der Waals surface area (Å²) >= 11 is 6.32. The van der Waals surface area contributed by atoms with E-state index in [0.717, 1.165) is 0 Å². The van der Waals surface area contributed by atoms with E-state index in [0.29, 0.717) is 28.9 Å². The highest BCUT2D eigenvalue weighted by molar-refractivity contribution is 8.22. The lowest BCUT2D eigenvalue weighted by molar-refractivity contribution is -0.402. The molecular formula is C12H15N3O4S2. The summed E-state index contributed by atoms with van der Waals surface area (Å²) in [5, 5.41) is 14.5. The molecular weight excluding hydrogens is 314 g/mol. The number of ether oxygens (including phenoxy) is 1. The zero-order chi connectivity index (χ0) is 15.7. The van der Waals surface area contributed by atoms with Gasteiger partial charge in [0.2, 0.25) is 0 Å². The highest BCUT2D eigenvalue weighted by Crippen LogP contribution is 2.17. The molecule has 0 aliphatic heterocycles. The van der Waals surface area contributed by atoms with Crippen molar-refractivity contribution in [3.8, 4) is 0 Å². The van der Waals surface area contributed by atoms with Gasteiger partial charge in [0.25, 0.3) is 0 Å². The summed E-state index contributed by atoms with van der Waals surface area (Å²) in [5.74, 6) is 0.0472. The number of thiocarbonyl (C=S) groups is 1. The molecule has 21 heavy (non-hydrogen) atoms. The van der Waals surface area contributed by atoms with E-state index in [1.807, 2.05) is 13.2 Å². The predicted octanol–water partition coefficient (Wildman–Crippen LogP) is 2.83. The van der Waals surface area contributed by atoms with Crippen LogP contribution in [0, 0.1) is 10.1 Å². The standard InChI is InChI=1S/C12H15N3O4S2/c1-3-18-8-9(7-13-14-12(20)21-2)6-10-4-5-11(19-10)15(16)17/h4-7H,3,8H2,1-2H3,(H,14,20). The van der Waals surface area contributed by atoms with E-state index >= 15 is 0 Å². The molecule has 0 unspecified atom stereocenters. The normalized spacial score (nSPS) is 11.8. The number of rotatable bonds is 7. The van der Waals surface area contributed by atoms with Crippen molar-refractivity contribution in [1.29, 1.82) is 0 Å². The SMILES string of the molecule is CCOCC(C=NNC(=S)SC)=Cc1ccc([N+](=O)[O-])o1. The van der Waals surface area contributed by atoms with Crippen LogP contribution in [0.5, 0.6) is 0 Å². The number of furan rings is 1. The molecule has 0 radical (unpaired) electrons. The van der Waals surface area contributed by atoms with Crippen molar-refractivity contribution in [3.05, 3.63) is 33.6 Å². The van der Waals surface area contributed by atoms with E-state index in [2.05, 4.69) is 10.5 Å². The van der Waals surface area contributed by atoms with Crippen LogP contribution in [0.15, 0.2) is 27.2 Å². The predicted molar refractivity (Wildman–Crippen MR) is 87.6 cm³/mol. The topological polar surface area (TPSA) is 89.9 Å². The Kier molecular flexibility index (Phi) is 7.65. The van der Waals surface area contributed by atoms with Gasteiger partial charge < -0.3 is 9.15 Å². The maximum atomic E-state index is 10.6. The molecule has 0 spiro atoms. The molecule has 7 nitrogen and oxygen atoms in total. The molecule has 0 saturated carbocycles. The average Bonchev–Trinajstić information content (AvgIpc) is 2.93. The summed E-state index contributed by atoms with van der Waals surface area (Å²) in [5.41, 5.74) is 3.37. The first-order valence-corrected chi connectivity index (χ1v) is 7.59. The van der Waals surface area contributed by atoms with Gasteiger partial charge in [-0.15, -0.1) is 0 Å². The third-order valence-electron chi connectivity index (χ3n) is 2.16. The van der Waals surface area contributed by atoms with Gasteiger partial charge in [-0.1, -0.05) is 24.0 Å². The first-order valence-electron chi connectivity index (χ1n) is 5.96. The van der Waals surface area contributed by atoms with Crippen LogP contribution in [0.4, 0.5) is 5.88 Å². The molecule has 0 atom stereocenters. The van der Waals surface area contributed by atoms with Crippen molar-refractivity contribution in [2.75, 3.05) is 19.5 Å². The van der Waals surface area contributed by atoms with Crippen molar-refractivity contribution in [1.82, 2.24) is 5.43 Å². The Morgan fingerprint density at radius 3 is 3.00 bits per heavy atom. The number of hydrazone groups is 1. The fourth-order valence-electron chi connectivity index (χ4n) is 1.25. The molecule has 0 fully saturated rings. The lowest BCUT2D eigenvalue weighted by atomic mass is 10.2. The molecule has 0 aromatic carbocycles. The highest BCUT2D eigenvalue weighted by atomic mass is 32.2. The van der Waals surface area contributed by atoms with Crippen LogP contribution in [0.25, 0.3) is 6.08 Å². The number of nitro groups is 1. The number of hydrogen-bond acceptors (Lipinski definition) is 7. The van der Waals surface area contributed by atoms with E-state index < -0.39 is 4.92 Å². The summed E-state index contributed by atoms with van der Waals surface area (Å²) in [7, 11) is 0. The zero-order valence-electron chi connectivity index (χ0n) is 11.6. The summed E-state index contributed by atoms with van der Waals surface area (Å²) in [6, 6.07) is 2.81. The molecule has 1 aromatic heterocycles. The monoisotopic (exact) mass is 329 g/mol. The summed E-state index contributed by atoms with van der Waals surface area (Å²) in [6.07, 6.45) is 4.99. The molecule has 9 heteroatoms. The van der Waals surface area contributed by atoms with E-state index in [1.165, 1.54) is 30.1 Å². The fraction of sp³-hybridized carbons (Fsp3) is 0.333. The third-order valence-corrected chi connectivity index (χ3v) is 3.22. The largest absolute Gasteiger partial charge is 0.433 e. The van der Waals surface area contributed by atoms with Crippen LogP contribution in [0.2, 0.25) is 0 Å². The van der Waals surface area contributed by atoms with Gasteiger partial charge in [0.05, 0.1) is 18.9 Å². The van der Waals surface area contributed by atoms with Crippen LogP contribution in [-0.4, -0.2) is 34.9 Å². The molecule has 0 aliphatic carbocycles. The van der Waals surface area contributed by atoms with Gasteiger partial charge in [0, 0.05) is 12.2 Å². The molecule has 0 aliphatic rings. The lowest BCUT2D eigenvalue weighted by Gasteiger charge is -2.02. The van der Waals surface area contributed by atoms with Gasteiger partial charge in [-0.2, -0.15) is 5.10 Å². The maximum absolute atomic E-state index is 10.6. The molecule has 1 heterocycles. The maximum Gasteiger partial charge on any atom is 0.433 e. The minimum atomic E-state index is -0.591. The van der Waals surface area contributed by atoms with E-state index in [-0.39, 0.29) is 5.88 Å². The number of nitrogens with one attached hydrogen (secondary N) is 1. The van der Waals surface area contributed by atoms with Gasteiger partial charge >= 0.3 is 5.88 Å². The van der Waals surface area contributed by atoms with Gasteiger partial charge in [0.1, 0.15) is 10.7 Å². The van der Waals surface area contributed by atoms with E-state index in [9.17, 15) is 10.1 Å². The average molecular weight is 329 g/mol. The summed E-state index contributed by atoms with van der Waals surface area (Å²) in [4.78, 5) is 9.97. The third kappa shape index (κ3) is 6.52. The van der Waals surface area contributed by atoms with E-state index in [1.54, 1.807) is 6.08 Å². The molecule has 0 saturated heterocycles. The van der Waals surface area contributed by atoms with Gasteiger partial charge in [-0.3, -0.25) is 15.5 Å². The second-order valence-electron chi connectivity index (χ2n) is 3.65. The highest BCUT2D eigenvalue weighted by Gasteiger charge is 2.10. The Balaban J connectivity index is 2.81. The first-order chi connectivity index (χ1) is 10.1. The minimum Gasteiger partial charge on any atom is -0.401 e. The van der Waals surface area contributed by atoms with Gasteiger partial charge in [-0.25, -0.2) is 0 Å². The molecule has 0 bridgehead atoms.